The second-order valence-electron chi connectivity index (χ2n) is 7.70. The molecule has 3 heterocycles. The Balaban J connectivity index is 1.52. The predicted octanol–water partition coefficient (Wildman–Crippen LogP) is 3.22. The summed E-state index contributed by atoms with van der Waals surface area (Å²) in [5.74, 6) is -0.0000164. The van der Waals surface area contributed by atoms with Crippen LogP contribution < -0.4 is 0 Å². The molecule has 1 aliphatic carbocycles. The molecule has 0 radical (unpaired) electrons. The molecule has 4 aliphatic rings. The van der Waals surface area contributed by atoms with Crippen LogP contribution in [0.4, 0.5) is 0 Å². The van der Waals surface area contributed by atoms with Gasteiger partial charge in [-0.3, -0.25) is 0 Å². The minimum atomic E-state index is -1.52. The van der Waals surface area contributed by atoms with Gasteiger partial charge in [-0.1, -0.05) is 43.2 Å². The summed E-state index contributed by atoms with van der Waals surface area (Å²) in [7, 11) is 0. The van der Waals surface area contributed by atoms with E-state index >= 15 is 0 Å². The molecule has 2 bridgehead atoms. The van der Waals surface area contributed by atoms with Crippen LogP contribution in [0, 0.1) is 11.8 Å². The van der Waals surface area contributed by atoms with Crippen LogP contribution in [-0.2, 0) is 15.1 Å². The summed E-state index contributed by atoms with van der Waals surface area (Å²) in [6.07, 6.45) is 8.33. The smallest absolute Gasteiger partial charge is 0.343 e. The average molecular weight is 341 g/mol. The van der Waals surface area contributed by atoms with Crippen LogP contribution in [0.3, 0.4) is 0 Å². The molecule has 0 spiro atoms. The van der Waals surface area contributed by atoms with Gasteiger partial charge in [0.25, 0.3) is 0 Å². The number of hydrogen-bond donors (Lipinski definition) is 1. The topological polar surface area (TPSA) is 49.8 Å². The highest BCUT2D eigenvalue weighted by Gasteiger charge is 2.48. The fraction of sp³-hybridized carbons (Fsp3) is 0.571. The van der Waals surface area contributed by atoms with Crippen LogP contribution in [0.5, 0.6) is 0 Å². The lowest BCUT2D eigenvalue weighted by Crippen LogP contribution is -2.44. The summed E-state index contributed by atoms with van der Waals surface area (Å²) >= 11 is 0. The number of benzene rings is 1. The number of carbonyl (C=O) groups is 1. The van der Waals surface area contributed by atoms with Gasteiger partial charge in [-0.05, 0) is 42.7 Å². The second kappa shape index (κ2) is 6.83. The van der Waals surface area contributed by atoms with E-state index in [9.17, 15) is 9.90 Å². The number of carbonyl (C=O) groups excluding carboxylic acids is 1. The normalized spacial score (nSPS) is 23.4. The molecule has 134 valence electrons. The van der Waals surface area contributed by atoms with E-state index < -0.39 is 11.6 Å². The van der Waals surface area contributed by atoms with Crippen molar-refractivity contribution in [2.45, 2.75) is 44.1 Å². The molecule has 5 rings (SSSR count). The first kappa shape index (κ1) is 16.6. The predicted molar refractivity (Wildman–Crippen MR) is 95.6 cm³/mol. The Labute approximate surface area is 149 Å². The molecule has 0 amide bonds. The lowest BCUT2D eigenvalue weighted by molar-refractivity contribution is -0.173. The van der Waals surface area contributed by atoms with Crippen molar-refractivity contribution in [3.8, 4) is 0 Å². The highest BCUT2D eigenvalue weighted by Crippen LogP contribution is 2.42. The standard InChI is InChI=1S/C21H27NO3/c23-20(25-15-17-14-22-12-10-16(17)11-13-22)21(24,19-8-4-5-9-19)18-6-2-1-3-7-18/h1-3,6-7,14,16,19,24H,4-5,8-13,15H2. The first-order valence-corrected chi connectivity index (χ1v) is 9.57. The van der Waals surface area contributed by atoms with Gasteiger partial charge in [-0.2, -0.15) is 0 Å². The van der Waals surface area contributed by atoms with E-state index in [2.05, 4.69) is 11.1 Å². The molecule has 1 aromatic carbocycles. The van der Waals surface area contributed by atoms with Gasteiger partial charge >= 0.3 is 5.97 Å². The molecule has 1 N–H and O–H groups in total. The Kier molecular flexibility index (Phi) is 4.55. The van der Waals surface area contributed by atoms with Crippen LogP contribution in [0.1, 0.15) is 44.1 Å². The minimum absolute atomic E-state index is 0.0528. The van der Waals surface area contributed by atoms with Crippen molar-refractivity contribution < 1.29 is 14.6 Å². The summed E-state index contributed by atoms with van der Waals surface area (Å²) < 4.78 is 5.68. The number of nitrogens with zero attached hydrogens (tertiary/aromatic N) is 1. The van der Waals surface area contributed by atoms with Crippen molar-refractivity contribution in [2.24, 2.45) is 11.8 Å². The lowest BCUT2D eigenvalue weighted by Gasteiger charge is -2.39. The van der Waals surface area contributed by atoms with Crippen LogP contribution in [0.2, 0.25) is 0 Å². The fourth-order valence-electron chi connectivity index (χ4n) is 4.71. The maximum Gasteiger partial charge on any atom is 0.343 e. The van der Waals surface area contributed by atoms with Crippen molar-refractivity contribution in [1.29, 1.82) is 0 Å². The van der Waals surface area contributed by atoms with E-state index in [0.29, 0.717) is 18.1 Å². The number of rotatable bonds is 5. The largest absolute Gasteiger partial charge is 0.459 e. The first-order valence-electron chi connectivity index (χ1n) is 9.57. The van der Waals surface area contributed by atoms with E-state index in [-0.39, 0.29) is 5.92 Å². The van der Waals surface area contributed by atoms with Crippen molar-refractivity contribution in [3.05, 3.63) is 47.7 Å². The molecule has 1 aromatic rings. The first-order chi connectivity index (χ1) is 12.2. The third kappa shape index (κ3) is 3.08. The van der Waals surface area contributed by atoms with E-state index in [1.807, 2.05) is 30.3 Å². The molecule has 25 heavy (non-hydrogen) atoms. The van der Waals surface area contributed by atoms with Crippen molar-refractivity contribution in [3.63, 3.8) is 0 Å². The molecule has 2 fully saturated rings. The average Bonchev–Trinajstić information content (AvgIpc) is 3.22. The van der Waals surface area contributed by atoms with Crippen LogP contribution in [-0.4, -0.2) is 35.7 Å². The molecule has 1 saturated heterocycles. The van der Waals surface area contributed by atoms with Gasteiger partial charge in [-0.25, -0.2) is 4.79 Å². The molecule has 1 atom stereocenters. The fourth-order valence-corrected chi connectivity index (χ4v) is 4.71. The van der Waals surface area contributed by atoms with Gasteiger partial charge in [0.15, 0.2) is 5.60 Å². The Morgan fingerprint density at radius 3 is 2.40 bits per heavy atom. The summed E-state index contributed by atoms with van der Waals surface area (Å²) in [6, 6.07) is 9.33. The third-order valence-corrected chi connectivity index (χ3v) is 6.24. The molecular weight excluding hydrogens is 314 g/mol. The van der Waals surface area contributed by atoms with E-state index in [1.54, 1.807) is 0 Å². The monoisotopic (exact) mass is 341 g/mol. The minimum Gasteiger partial charge on any atom is -0.459 e. The van der Waals surface area contributed by atoms with E-state index in [0.717, 1.165) is 51.6 Å². The van der Waals surface area contributed by atoms with Gasteiger partial charge in [0.2, 0.25) is 0 Å². The Hall–Kier alpha value is -1.81. The number of piperidine rings is 1. The zero-order chi connectivity index (χ0) is 17.3. The van der Waals surface area contributed by atoms with E-state index in [1.165, 1.54) is 5.57 Å². The van der Waals surface area contributed by atoms with Crippen LogP contribution in [0.25, 0.3) is 0 Å². The molecular formula is C21H27NO3. The third-order valence-electron chi connectivity index (χ3n) is 6.24. The number of aliphatic hydroxyl groups is 1. The van der Waals surface area contributed by atoms with Crippen molar-refractivity contribution in [2.75, 3.05) is 19.7 Å². The summed E-state index contributed by atoms with van der Waals surface area (Å²) in [5, 5.41) is 11.4. The van der Waals surface area contributed by atoms with Crippen LogP contribution >= 0.6 is 0 Å². The van der Waals surface area contributed by atoms with Crippen LogP contribution in [0.15, 0.2) is 42.1 Å². The molecule has 4 heteroatoms. The molecule has 0 aromatic heterocycles. The Morgan fingerprint density at radius 2 is 1.80 bits per heavy atom. The van der Waals surface area contributed by atoms with Crippen molar-refractivity contribution in [1.82, 2.24) is 4.90 Å². The molecule has 1 saturated carbocycles. The van der Waals surface area contributed by atoms with Gasteiger partial charge in [0.1, 0.15) is 6.61 Å². The lowest BCUT2D eigenvalue weighted by atomic mass is 9.80. The van der Waals surface area contributed by atoms with Crippen molar-refractivity contribution >= 4 is 5.97 Å². The molecule has 3 aliphatic heterocycles. The maximum atomic E-state index is 13.0. The number of hydrogen-bond acceptors (Lipinski definition) is 4. The van der Waals surface area contributed by atoms with Gasteiger partial charge < -0.3 is 14.7 Å². The molecule has 1 unspecified atom stereocenters. The highest BCUT2D eigenvalue weighted by atomic mass is 16.5. The van der Waals surface area contributed by atoms with Gasteiger partial charge in [-0.15, -0.1) is 0 Å². The zero-order valence-corrected chi connectivity index (χ0v) is 14.7. The Morgan fingerprint density at radius 1 is 1.12 bits per heavy atom. The quantitative estimate of drug-likeness (QED) is 0.836. The van der Waals surface area contributed by atoms with Gasteiger partial charge in [0, 0.05) is 25.2 Å². The maximum absolute atomic E-state index is 13.0. The summed E-state index contributed by atoms with van der Waals surface area (Å²) in [5.41, 5.74) is 0.342. The second-order valence-corrected chi connectivity index (χ2v) is 7.70. The molecule has 4 nitrogen and oxygen atoms in total. The SMILES string of the molecule is O=C(OCC1=CN2CCC1CC2)C(O)(c1ccccc1)C1CCCC1. The summed E-state index contributed by atoms with van der Waals surface area (Å²) in [6.45, 7) is 2.53. The number of fused-ring (bicyclic) bond motifs is 2. The summed E-state index contributed by atoms with van der Waals surface area (Å²) in [4.78, 5) is 15.3. The van der Waals surface area contributed by atoms with E-state index in [4.69, 9.17) is 4.74 Å². The zero-order valence-electron chi connectivity index (χ0n) is 14.7. The Bertz CT molecular complexity index is 642. The highest BCUT2D eigenvalue weighted by molar-refractivity contribution is 5.81. The number of ether oxygens (including phenoxy) is 1. The number of esters is 1. The van der Waals surface area contributed by atoms with Gasteiger partial charge in [0.05, 0.1) is 0 Å².